The molecule has 1 aromatic carbocycles. The van der Waals surface area contributed by atoms with Crippen LogP contribution in [-0.4, -0.2) is 5.60 Å². The van der Waals surface area contributed by atoms with E-state index in [1.807, 2.05) is 0 Å². The molecule has 0 aromatic heterocycles. The summed E-state index contributed by atoms with van der Waals surface area (Å²) in [6.07, 6.45) is 2.03. The quantitative estimate of drug-likeness (QED) is 0.690. The van der Waals surface area contributed by atoms with Crippen LogP contribution in [-0.2, 0) is 6.42 Å². The van der Waals surface area contributed by atoms with Crippen molar-refractivity contribution >= 4 is 11.6 Å². The first-order valence-corrected chi connectivity index (χ1v) is 7.15. The maximum absolute atomic E-state index is 6.63. The Hall–Kier alpha value is -0.690. The number of ether oxygens (including phenoxy) is 1. The Morgan fingerprint density at radius 3 is 2.67 bits per heavy atom. The summed E-state index contributed by atoms with van der Waals surface area (Å²) < 4.78 is 5.90. The van der Waals surface area contributed by atoms with Gasteiger partial charge >= 0.3 is 0 Å². The van der Waals surface area contributed by atoms with Crippen LogP contribution in [0.15, 0.2) is 18.2 Å². The van der Waals surface area contributed by atoms with Gasteiger partial charge in [-0.2, -0.15) is 0 Å². The Bertz CT molecular complexity index is 448. The molecule has 1 aromatic rings. The summed E-state index contributed by atoms with van der Waals surface area (Å²) in [4.78, 5) is 0. The van der Waals surface area contributed by atoms with Gasteiger partial charge in [0.15, 0.2) is 0 Å². The highest BCUT2D eigenvalue weighted by Crippen LogP contribution is 2.44. The lowest BCUT2D eigenvalue weighted by molar-refractivity contribution is 0.138. The molecule has 0 bridgehead atoms. The number of benzene rings is 1. The topological polar surface area (TPSA) is 9.23 Å². The van der Waals surface area contributed by atoms with Crippen molar-refractivity contribution in [1.82, 2.24) is 0 Å². The van der Waals surface area contributed by atoms with Gasteiger partial charge in [0.25, 0.3) is 0 Å². The summed E-state index contributed by atoms with van der Waals surface area (Å²) in [6.45, 7) is 10.9. The van der Waals surface area contributed by atoms with Gasteiger partial charge in [-0.15, -0.1) is 11.6 Å². The van der Waals surface area contributed by atoms with Crippen molar-refractivity contribution in [3.8, 4) is 5.75 Å². The predicted octanol–water partition coefficient (Wildman–Crippen LogP) is 5.12. The largest absolute Gasteiger partial charge is 0.487 e. The molecule has 2 heteroatoms. The third-order valence-electron chi connectivity index (χ3n) is 3.98. The van der Waals surface area contributed by atoms with E-state index in [-0.39, 0.29) is 16.4 Å². The van der Waals surface area contributed by atoms with Gasteiger partial charge in [-0.3, -0.25) is 0 Å². The lowest BCUT2D eigenvalue weighted by Gasteiger charge is -2.29. The van der Waals surface area contributed by atoms with Crippen molar-refractivity contribution < 1.29 is 4.74 Å². The first kappa shape index (κ1) is 13.7. The fraction of sp³-hybridized carbons (Fsp3) is 0.625. The van der Waals surface area contributed by atoms with Gasteiger partial charge in [0.1, 0.15) is 11.4 Å². The van der Waals surface area contributed by atoms with Crippen molar-refractivity contribution in [3.05, 3.63) is 29.3 Å². The van der Waals surface area contributed by atoms with E-state index in [4.69, 9.17) is 16.3 Å². The Balaban J connectivity index is 2.29. The molecule has 1 atom stereocenters. The predicted molar refractivity (Wildman–Crippen MR) is 77.5 cm³/mol. The fourth-order valence-corrected chi connectivity index (χ4v) is 2.71. The zero-order chi connectivity index (χ0) is 13.6. The minimum absolute atomic E-state index is 0.0523. The third kappa shape index (κ3) is 2.51. The van der Waals surface area contributed by atoms with E-state index >= 15 is 0 Å². The van der Waals surface area contributed by atoms with Crippen molar-refractivity contribution in [1.29, 1.82) is 0 Å². The highest BCUT2D eigenvalue weighted by molar-refractivity contribution is 6.21. The smallest absolute Gasteiger partial charge is 0.123 e. The first-order valence-electron chi connectivity index (χ1n) is 6.71. The molecule has 1 nitrogen and oxygen atoms in total. The van der Waals surface area contributed by atoms with Gasteiger partial charge in [-0.1, -0.05) is 32.9 Å². The second-order valence-electron chi connectivity index (χ2n) is 6.61. The summed E-state index contributed by atoms with van der Waals surface area (Å²) in [5.41, 5.74) is 2.53. The maximum Gasteiger partial charge on any atom is 0.123 e. The molecule has 0 N–H and O–H groups in total. The molecule has 0 amide bonds. The van der Waals surface area contributed by atoms with Gasteiger partial charge in [0.05, 0.1) is 5.38 Å². The highest BCUT2D eigenvalue weighted by Gasteiger charge is 2.32. The molecule has 0 fully saturated rings. The molecule has 0 saturated carbocycles. The number of rotatable bonds is 3. The molecule has 1 heterocycles. The van der Waals surface area contributed by atoms with Crippen LogP contribution in [0.3, 0.4) is 0 Å². The van der Waals surface area contributed by atoms with Gasteiger partial charge in [-0.05, 0) is 42.9 Å². The van der Waals surface area contributed by atoms with E-state index < -0.39 is 0 Å². The zero-order valence-corrected chi connectivity index (χ0v) is 12.8. The van der Waals surface area contributed by atoms with Gasteiger partial charge in [0, 0.05) is 6.42 Å². The van der Waals surface area contributed by atoms with Gasteiger partial charge in [0.2, 0.25) is 0 Å². The molecule has 2 rings (SSSR count). The van der Waals surface area contributed by atoms with Crippen molar-refractivity contribution in [2.24, 2.45) is 5.41 Å². The molecular formula is C16H23ClO. The fourth-order valence-electron chi connectivity index (χ4n) is 2.42. The van der Waals surface area contributed by atoms with E-state index in [2.05, 4.69) is 52.8 Å². The van der Waals surface area contributed by atoms with Crippen LogP contribution < -0.4 is 4.74 Å². The van der Waals surface area contributed by atoms with Crippen LogP contribution in [0.25, 0.3) is 0 Å². The summed E-state index contributed by atoms with van der Waals surface area (Å²) in [5.74, 6) is 1.02. The van der Waals surface area contributed by atoms with Crippen LogP contribution in [0.5, 0.6) is 5.75 Å². The number of halogens is 1. The van der Waals surface area contributed by atoms with Crippen LogP contribution in [0, 0.1) is 5.41 Å². The second-order valence-corrected chi connectivity index (χ2v) is 7.05. The average Bonchev–Trinajstić information content (AvgIpc) is 2.60. The molecule has 100 valence electrons. The molecule has 18 heavy (non-hydrogen) atoms. The summed E-state index contributed by atoms with van der Waals surface area (Å²) in [6, 6.07) is 6.40. The Morgan fingerprint density at radius 2 is 2.06 bits per heavy atom. The Morgan fingerprint density at radius 1 is 1.39 bits per heavy atom. The lowest BCUT2D eigenvalue weighted by Crippen LogP contribution is -2.24. The average molecular weight is 267 g/mol. The number of hydrogen-bond acceptors (Lipinski definition) is 1. The maximum atomic E-state index is 6.63. The summed E-state index contributed by atoms with van der Waals surface area (Å²) in [5, 5.41) is 0.0523. The highest BCUT2D eigenvalue weighted by atomic mass is 35.5. The third-order valence-corrected chi connectivity index (χ3v) is 4.82. The Labute approximate surface area is 115 Å². The van der Waals surface area contributed by atoms with Crippen molar-refractivity contribution in [3.63, 3.8) is 0 Å². The number of alkyl halides is 1. The van der Waals surface area contributed by atoms with Crippen LogP contribution in [0.1, 0.15) is 57.5 Å². The zero-order valence-electron chi connectivity index (χ0n) is 12.0. The SMILES string of the molecule is CCC(C)(C)C(Cl)c1ccc2c(c1)CC(C)(C)O2. The molecular weight excluding hydrogens is 244 g/mol. The minimum Gasteiger partial charge on any atom is -0.487 e. The standard InChI is InChI=1S/C16H23ClO/c1-6-15(2,3)14(17)11-7-8-13-12(9-11)10-16(4,5)18-13/h7-9,14H,6,10H2,1-5H3. The molecule has 0 radical (unpaired) electrons. The lowest BCUT2D eigenvalue weighted by atomic mass is 9.82. The molecule has 0 saturated heterocycles. The van der Waals surface area contributed by atoms with Crippen LogP contribution in [0.4, 0.5) is 0 Å². The normalized spacial score (nSPS) is 19.2. The first-order chi connectivity index (χ1) is 8.25. The molecule has 1 aliphatic heterocycles. The number of fused-ring (bicyclic) bond motifs is 1. The van der Waals surface area contributed by atoms with E-state index in [9.17, 15) is 0 Å². The van der Waals surface area contributed by atoms with E-state index in [1.165, 1.54) is 11.1 Å². The van der Waals surface area contributed by atoms with Gasteiger partial charge < -0.3 is 4.74 Å². The molecule has 1 aliphatic rings. The van der Waals surface area contributed by atoms with Crippen LogP contribution >= 0.6 is 11.6 Å². The van der Waals surface area contributed by atoms with Crippen molar-refractivity contribution in [2.75, 3.05) is 0 Å². The van der Waals surface area contributed by atoms with E-state index in [0.29, 0.717) is 0 Å². The summed E-state index contributed by atoms with van der Waals surface area (Å²) in [7, 11) is 0. The van der Waals surface area contributed by atoms with E-state index in [1.54, 1.807) is 0 Å². The second kappa shape index (κ2) is 4.45. The monoisotopic (exact) mass is 266 g/mol. The van der Waals surface area contributed by atoms with Crippen LogP contribution in [0.2, 0.25) is 0 Å². The van der Waals surface area contributed by atoms with Crippen molar-refractivity contribution in [2.45, 2.75) is 58.4 Å². The Kier molecular flexibility index (Phi) is 3.40. The summed E-state index contributed by atoms with van der Waals surface area (Å²) >= 11 is 6.63. The minimum atomic E-state index is -0.0803. The molecule has 1 unspecified atom stereocenters. The molecule has 0 aliphatic carbocycles. The van der Waals surface area contributed by atoms with Gasteiger partial charge in [-0.25, -0.2) is 0 Å². The number of hydrogen-bond donors (Lipinski definition) is 0. The van der Waals surface area contributed by atoms with E-state index in [0.717, 1.165) is 18.6 Å². The molecule has 0 spiro atoms.